The Morgan fingerprint density at radius 3 is 2.57 bits per heavy atom. The van der Waals surface area contributed by atoms with E-state index in [2.05, 4.69) is 25.7 Å². The van der Waals surface area contributed by atoms with E-state index < -0.39 is 5.97 Å². The van der Waals surface area contributed by atoms with Gasteiger partial charge in [0.1, 0.15) is 0 Å². The molecular weight excluding hydrogens is 468 g/mol. The molecule has 0 saturated carbocycles. The number of nitrogens with zero attached hydrogens (tertiary/aromatic N) is 2. The SMILES string of the molecule is COC(=O)COc1c(Cl)cc(/C=C2/SC(=NC(C)C)N(C(C)C)C2=O)cc1Br. The second kappa shape index (κ2) is 9.80. The van der Waals surface area contributed by atoms with Gasteiger partial charge < -0.3 is 9.47 Å². The third-order valence-corrected chi connectivity index (χ3v) is 5.47. The van der Waals surface area contributed by atoms with E-state index in [0.717, 1.165) is 5.56 Å². The van der Waals surface area contributed by atoms with E-state index in [0.29, 0.717) is 25.3 Å². The molecule has 1 fully saturated rings. The van der Waals surface area contributed by atoms with Crippen LogP contribution in [0.3, 0.4) is 0 Å². The molecule has 1 aromatic rings. The Bertz CT molecular complexity index is 816. The predicted octanol–water partition coefficient (Wildman–Crippen LogP) is 4.74. The molecule has 0 radical (unpaired) electrons. The summed E-state index contributed by atoms with van der Waals surface area (Å²) in [5.74, 6) is -0.254. The zero-order chi connectivity index (χ0) is 21.0. The molecule has 152 valence electrons. The van der Waals surface area contributed by atoms with Crippen molar-refractivity contribution in [3.63, 3.8) is 0 Å². The minimum Gasteiger partial charge on any atom is -0.479 e. The number of esters is 1. The highest BCUT2D eigenvalue weighted by Gasteiger charge is 2.35. The van der Waals surface area contributed by atoms with Gasteiger partial charge in [0.15, 0.2) is 17.5 Å². The fourth-order valence-corrected chi connectivity index (χ4v) is 4.62. The van der Waals surface area contributed by atoms with Gasteiger partial charge in [-0.25, -0.2) is 4.79 Å². The molecule has 1 aromatic carbocycles. The molecule has 1 saturated heterocycles. The van der Waals surface area contributed by atoms with E-state index in [-0.39, 0.29) is 24.6 Å². The van der Waals surface area contributed by atoms with E-state index in [4.69, 9.17) is 16.3 Å². The number of amides is 1. The second-order valence-electron chi connectivity index (χ2n) is 6.56. The van der Waals surface area contributed by atoms with Crippen LogP contribution in [0.1, 0.15) is 33.3 Å². The third-order valence-electron chi connectivity index (χ3n) is 3.60. The van der Waals surface area contributed by atoms with Crippen LogP contribution in [0.2, 0.25) is 5.02 Å². The van der Waals surface area contributed by atoms with E-state index in [1.165, 1.54) is 18.9 Å². The van der Waals surface area contributed by atoms with Gasteiger partial charge in [0.25, 0.3) is 5.91 Å². The Morgan fingerprint density at radius 2 is 2.04 bits per heavy atom. The van der Waals surface area contributed by atoms with Gasteiger partial charge in [0.05, 0.1) is 21.5 Å². The van der Waals surface area contributed by atoms with Crippen molar-refractivity contribution in [3.05, 3.63) is 32.1 Å². The topological polar surface area (TPSA) is 68.2 Å². The third kappa shape index (κ3) is 5.52. The quantitative estimate of drug-likeness (QED) is 0.426. The van der Waals surface area contributed by atoms with Crippen molar-refractivity contribution >= 4 is 62.4 Å². The molecule has 6 nitrogen and oxygen atoms in total. The van der Waals surface area contributed by atoms with Gasteiger partial charge in [-0.05, 0) is 79.2 Å². The van der Waals surface area contributed by atoms with Gasteiger partial charge in [0.2, 0.25) is 0 Å². The molecule has 0 bridgehead atoms. The number of rotatable bonds is 6. The second-order valence-corrected chi connectivity index (χ2v) is 8.83. The van der Waals surface area contributed by atoms with Crippen LogP contribution < -0.4 is 4.74 Å². The molecule has 0 spiro atoms. The fraction of sp³-hybridized carbons (Fsp3) is 0.421. The minimum absolute atomic E-state index is 0.00724. The Hall–Kier alpha value is -1.51. The summed E-state index contributed by atoms with van der Waals surface area (Å²) >= 11 is 11.0. The van der Waals surface area contributed by atoms with Gasteiger partial charge in [-0.15, -0.1) is 0 Å². The van der Waals surface area contributed by atoms with Crippen LogP contribution >= 0.6 is 39.3 Å². The molecule has 1 aliphatic heterocycles. The first-order chi connectivity index (χ1) is 13.1. The molecule has 9 heteroatoms. The van der Waals surface area contributed by atoms with E-state index >= 15 is 0 Å². The Morgan fingerprint density at radius 1 is 1.36 bits per heavy atom. The number of hydrogen-bond donors (Lipinski definition) is 0. The minimum atomic E-state index is -0.507. The summed E-state index contributed by atoms with van der Waals surface area (Å²) in [7, 11) is 1.28. The average Bonchev–Trinajstić information content (AvgIpc) is 2.88. The molecule has 28 heavy (non-hydrogen) atoms. The highest BCUT2D eigenvalue weighted by Crippen LogP contribution is 2.38. The number of halogens is 2. The maximum atomic E-state index is 12.8. The maximum absolute atomic E-state index is 12.8. The van der Waals surface area contributed by atoms with Crippen LogP contribution in [0.15, 0.2) is 26.5 Å². The Balaban J connectivity index is 2.32. The molecule has 0 aliphatic carbocycles. The van der Waals surface area contributed by atoms with E-state index in [9.17, 15) is 9.59 Å². The monoisotopic (exact) mass is 488 g/mol. The van der Waals surface area contributed by atoms with Crippen molar-refractivity contribution in [2.75, 3.05) is 13.7 Å². The van der Waals surface area contributed by atoms with Crippen LogP contribution in [-0.2, 0) is 14.3 Å². The molecule has 2 rings (SSSR count). The van der Waals surface area contributed by atoms with Crippen LogP contribution in [0.5, 0.6) is 5.75 Å². The summed E-state index contributed by atoms with van der Waals surface area (Å²) in [6.45, 7) is 7.61. The molecule has 0 atom stereocenters. The summed E-state index contributed by atoms with van der Waals surface area (Å²) in [6.07, 6.45) is 1.77. The van der Waals surface area contributed by atoms with E-state index in [1.54, 1.807) is 23.1 Å². The lowest BCUT2D eigenvalue weighted by atomic mass is 10.2. The van der Waals surface area contributed by atoms with Gasteiger partial charge in [-0.3, -0.25) is 14.7 Å². The number of ether oxygens (including phenoxy) is 2. The van der Waals surface area contributed by atoms with Gasteiger partial charge in [-0.1, -0.05) is 11.6 Å². The fourth-order valence-electron chi connectivity index (χ4n) is 2.39. The van der Waals surface area contributed by atoms with Gasteiger partial charge in [-0.2, -0.15) is 0 Å². The largest absolute Gasteiger partial charge is 0.479 e. The number of carbonyl (C=O) groups is 2. The number of carbonyl (C=O) groups excluding carboxylic acids is 2. The first-order valence-corrected chi connectivity index (χ1v) is 10.6. The van der Waals surface area contributed by atoms with Crippen molar-refractivity contribution in [1.29, 1.82) is 0 Å². The van der Waals surface area contributed by atoms with Gasteiger partial charge >= 0.3 is 5.97 Å². The standard InChI is InChI=1S/C19H22BrClN2O4S/c1-10(2)22-19-23(11(3)4)18(25)15(28-19)8-12-6-13(20)17(14(21)7-12)27-9-16(24)26-5/h6-8,10-11H,9H2,1-5H3/b15-8+,22-19?. The Kier molecular flexibility index (Phi) is 7.97. The number of hydrogen-bond acceptors (Lipinski definition) is 6. The highest BCUT2D eigenvalue weighted by molar-refractivity contribution is 9.10. The number of methoxy groups -OCH3 is 1. The van der Waals surface area contributed by atoms with Crippen LogP contribution in [-0.4, -0.2) is 47.7 Å². The van der Waals surface area contributed by atoms with Crippen LogP contribution in [0.4, 0.5) is 0 Å². The van der Waals surface area contributed by atoms with Crippen molar-refractivity contribution < 1.29 is 19.1 Å². The smallest absolute Gasteiger partial charge is 0.343 e. The van der Waals surface area contributed by atoms with Crippen LogP contribution in [0.25, 0.3) is 6.08 Å². The predicted molar refractivity (Wildman–Crippen MR) is 117 cm³/mol. The van der Waals surface area contributed by atoms with Crippen molar-refractivity contribution in [1.82, 2.24) is 4.90 Å². The van der Waals surface area contributed by atoms with Crippen molar-refractivity contribution in [2.45, 2.75) is 39.8 Å². The van der Waals surface area contributed by atoms with Gasteiger partial charge in [0, 0.05) is 12.1 Å². The zero-order valence-electron chi connectivity index (χ0n) is 16.3. The zero-order valence-corrected chi connectivity index (χ0v) is 19.4. The number of amidine groups is 1. The van der Waals surface area contributed by atoms with Crippen molar-refractivity contribution in [3.8, 4) is 5.75 Å². The molecule has 1 heterocycles. The number of aliphatic imine (C=N–C) groups is 1. The molecular formula is C19H22BrClN2O4S. The summed E-state index contributed by atoms with van der Waals surface area (Å²) in [5.41, 5.74) is 0.729. The summed E-state index contributed by atoms with van der Waals surface area (Å²) < 4.78 is 10.5. The molecule has 0 aromatic heterocycles. The molecule has 0 N–H and O–H groups in total. The lowest BCUT2D eigenvalue weighted by Crippen LogP contribution is -2.35. The highest BCUT2D eigenvalue weighted by atomic mass is 79.9. The van der Waals surface area contributed by atoms with Crippen molar-refractivity contribution in [2.24, 2.45) is 4.99 Å². The molecule has 1 aliphatic rings. The Labute approximate surface area is 182 Å². The lowest BCUT2D eigenvalue weighted by Gasteiger charge is -2.20. The number of benzene rings is 1. The molecule has 1 amide bonds. The lowest BCUT2D eigenvalue weighted by molar-refractivity contribution is -0.142. The normalized spacial score (nSPS) is 17.3. The summed E-state index contributed by atoms with van der Waals surface area (Å²) in [5, 5.41) is 1.02. The maximum Gasteiger partial charge on any atom is 0.343 e. The summed E-state index contributed by atoms with van der Waals surface area (Å²) in [6, 6.07) is 3.55. The summed E-state index contributed by atoms with van der Waals surface area (Å²) in [4.78, 5) is 30.9. The van der Waals surface area contributed by atoms with Crippen LogP contribution in [0, 0.1) is 0 Å². The first kappa shape index (κ1) is 22.8. The average molecular weight is 490 g/mol. The first-order valence-electron chi connectivity index (χ1n) is 8.63. The molecule has 0 unspecified atom stereocenters. The number of thioether (sulfide) groups is 1. The van der Waals surface area contributed by atoms with E-state index in [1.807, 2.05) is 27.7 Å².